The number of anilines is 3. The second-order valence-corrected chi connectivity index (χ2v) is 4.08. The second-order valence-electron chi connectivity index (χ2n) is 4.08. The molecule has 0 spiro atoms. The molecule has 0 radical (unpaired) electrons. The molecule has 20 heavy (non-hydrogen) atoms. The van der Waals surface area contributed by atoms with Crippen molar-refractivity contribution in [1.29, 1.82) is 0 Å². The van der Waals surface area contributed by atoms with Gasteiger partial charge in [-0.05, 0) is 43.3 Å². The van der Waals surface area contributed by atoms with Gasteiger partial charge in [-0.3, -0.25) is 4.79 Å². The second kappa shape index (κ2) is 5.92. The van der Waals surface area contributed by atoms with Crippen molar-refractivity contribution in [2.45, 2.75) is 6.92 Å². The average molecular weight is 272 g/mol. The van der Waals surface area contributed by atoms with E-state index in [4.69, 9.17) is 16.2 Å². The molecule has 0 aliphatic rings. The van der Waals surface area contributed by atoms with Crippen LogP contribution in [0.25, 0.3) is 0 Å². The van der Waals surface area contributed by atoms with Crippen LogP contribution in [0.3, 0.4) is 0 Å². The first-order valence-corrected chi connectivity index (χ1v) is 6.16. The van der Waals surface area contributed by atoms with Crippen molar-refractivity contribution in [2.75, 3.05) is 17.7 Å². The predicted molar refractivity (Wildman–Crippen MR) is 78.1 cm³/mol. The Bertz CT molecular complexity index is 611. The predicted octanol–water partition coefficient (Wildman–Crippen LogP) is 1.90. The van der Waals surface area contributed by atoms with Crippen LogP contribution in [0.4, 0.5) is 17.2 Å². The van der Waals surface area contributed by atoms with Gasteiger partial charge in [-0.25, -0.2) is 4.98 Å². The molecule has 0 atom stereocenters. The molecule has 104 valence electrons. The van der Waals surface area contributed by atoms with Gasteiger partial charge in [0.1, 0.15) is 11.4 Å². The molecule has 0 bridgehead atoms. The number of nitrogens with zero attached hydrogens (tertiary/aromatic N) is 1. The normalized spacial score (nSPS) is 10.1. The van der Waals surface area contributed by atoms with Gasteiger partial charge in [0.2, 0.25) is 0 Å². The third-order valence-corrected chi connectivity index (χ3v) is 2.61. The molecule has 0 saturated carbocycles. The quantitative estimate of drug-likeness (QED) is 0.771. The third kappa shape index (κ3) is 3.17. The SMILES string of the molecule is CCOc1ccc(Nc2nc(C(N)=O)ccc2N)cc1. The summed E-state index contributed by atoms with van der Waals surface area (Å²) < 4.78 is 5.36. The highest BCUT2D eigenvalue weighted by molar-refractivity contribution is 5.92. The lowest BCUT2D eigenvalue weighted by molar-refractivity contribution is 0.0996. The van der Waals surface area contributed by atoms with Gasteiger partial charge >= 0.3 is 0 Å². The van der Waals surface area contributed by atoms with Crippen LogP contribution in [-0.2, 0) is 0 Å². The number of aromatic nitrogens is 1. The number of primary amides is 1. The van der Waals surface area contributed by atoms with Gasteiger partial charge in [-0.1, -0.05) is 0 Å². The minimum Gasteiger partial charge on any atom is -0.494 e. The van der Waals surface area contributed by atoms with Crippen molar-refractivity contribution in [3.05, 3.63) is 42.1 Å². The lowest BCUT2D eigenvalue weighted by atomic mass is 10.2. The van der Waals surface area contributed by atoms with E-state index >= 15 is 0 Å². The van der Waals surface area contributed by atoms with Gasteiger partial charge in [0, 0.05) is 5.69 Å². The number of rotatable bonds is 5. The number of amides is 1. The molecular weight excluding hydrogens is 256 g/mol. The number of nitrogens with one attached hydrogen (secondary N) is 1. The molecule has 5 N–H and O–H groups in total. The largest absolute Gasteiger partial charge is 0.494 e. The Balaban J connectivity index is 2.20. The number of hydrogen-bond acceptors (Lipinski definition) is 5. The molecule has 0 unspecified atom stereocenters. The van der Waals surface area contributed by atoms with Crippen LogP contribution in [-0.4, -0.2) is 17.5 Å². The first-order chi connectivity index (χ1) is 9.60. The molecular formula is C14H16N4O2. The average Bonchev–Trinajstić information content (AvgIpc) is 2.43. The number of hydrogen-bond donors (Lipinski definition) is 3. The lowest BCUT2D eigenvalue weighted by Gasteiger charge is -2.10. The summed E-state index contributed by atoms with van der Waals surface area (Å²) in [5.41, 5.74) is 12.4. The Morgan fingerprint density at radius 3 is 2.55 bits per heavy atom. The van der Waals surface area contributed by atoms with Crippen molar-refractivity contribution in [2.24, 2.45) is 5.73 Å². The zero-order valence-electron chi connectivity index (χ0n) is 11.1. The lowest BCUT2D eigenvalue weighted by Crippen LogP contribution is -2.14. The number of nitrogens with two attached hydrogens (primary N) is 2. The Morgan fingerprint density at radius 2 is 1.95 bits per heavy atom. The summed E-state index contributed by atoms with van der Waals surface area (Å²) in [6.45, 7) is 2.54. The molecule has 0 fully saturated rings. The van der Waals surface area contributed by atoms with E-state index in [9.17, 15) is 4.79 Å². The number of benzene rings is 1. The Morgan fingerprint density at radius 1 is 1.25 bits per heavy atom. The highest BCUT2D eigenvalue weighted by Crippen LogP contribution is 2.23. The molecule has 1 heterocycles. The van der Waals surface area contributed by atoms with Crippen LogP contribution in [0.5, 0.6) is 5.75 Å². The molecule has 2 aromatic rings. The summed E-state index contributed by atoms with van der Waals surface area (Å²) in [4.78, 5) is 15.2. The van der Waals surface area contributed by atoms with E-state index in [1.807, 2.05) is 31.2 Å². The third-order valence-electron chi connectivity index (χ3n) is 2.61. The molecule has 1 aromatic heterocycles. The van der Waals surface area contributed by atoms with Crippen molar-refractivity contribution in [3.63, 3.8) is 0 Å². The number of ether oxygens (including phenoxy) is 1. The van der Waals surface area contributed by atoms with E-state index < -0.39 is 5.91 Å². The zero-order chi connectivity index (χ0) is 14.5. The van der Waals surface area contributed by atoms with Gasteiger partial charge in [-0.2, -0.15) is 0 Å². The number of nitrogen functional groups attached to an aromatic ring is 1. The summed E-state index contributed by atoms with van der Waals surface area (Å²) in [7, 11) is 0. The fourth-order valence-corrected chi connectivity index (χ4v) is 1.65. The summed E-state index contributed by atoms with van der Waals surface area (Å²) in [6.07, 6.45) is 0. The molecule has 0 saturated heterocycles. The molecule has 2 rings (SSSR count). The fraction of sp³-hybridized carbons (Fsp3) is 0.143. The zero-order valence-corrected chi connectivity index (χ0v) is 11.1. The minimum atomic E-state index is -0.597. The minimum absolute atomic E-state index is 0.160. The van der Waals surface area contributed by atoms with E-state index in [2.05, 4.69) is 10.3 Å². The highest BCUT2D eigenvalue weighted by Gasteiger charge is 2.07. The molecule has 6 heteroatoms. The van der Waals surface area contributed by atoms with E-state index in [-0.39, 0.29) is 5.69 Å². The molecule has 1 aromatic carbocycles. The number of carbonyl (C=O) groups excluding carboxylic acids is 1. The molecule has 0 aliphatic heterocycles. The summed E-state index contributed by atoms with van der Waals surface area (Å²) in [6, 6.07) is 10.4. The van der Waals surface area contributed by atoms with Crippen LogP contribution < -0.4 is 21.5 Å². The maximum absolute atomic E-state index is 11.1. The van der Waals surface area contributed by atoms with Crippen LogP contribution in [0.2, 0.25) is 0 Å². The van der Waals surface area contributed by atoms with Gasteiger partial charge in [0.15, 0.2) is 5.82 Å². The Kier molecular flexibility index (Phi) is 4.05. The van der Waals surface area contributed by atoms with E-state index in [1.165, 1.54) is 6.07 Å². The van der Waals surface area contributed by atoms with Crippen LogP contribution in [0.15, 0.2) is 36.4 Å². The van der Waals surface area contributed by atoms with E-state index in [1.54, 1.807) is 6.07 Å². The van der Waals surface area contributed by atoms with Crippen LogP contribution in [0, 0.1) is 0 Å². The molecule has 0 aliphatic carbocycles. The maximum atomic E-state index is 11.1. The van der Waals surface area contributed by atoms with Gasteiger partial charge < -0.3 is 21.5 Å². The Hall–Kier alpha value is -2.76. The summed E-state index contributed by atoms with van der Waals surface area (Å²) >= 11 is 0. The standard InChI is InChI=1S/C14H16N4O2/c1-2-20-10-5-3-9(4-6-10)17-14-11(15)7-8-12(18-14)13(16)19/h3-8H,2,15H2,1H3,(H2,16,19)(H,17,18). The smallest absolute Gasteiger partial charge is 0.267 e. The Labute approximate surface area is 116 Å². The van der Waals surface area contributed by atoms with Gasteiger partial charge in [0.05, 0.1) is 12.3 Å². The van der Waals surface area contributed by atoms with Crippen LogP contribution in [0.1, 0.15) is 17.4 Å². The summed E-state index contributed by atoms with van der Waals surface area (Å²) in [5, 5.41) is 3.04. The fourth-order valence-electron chi connectivity index (χ4n) is 1.65. The van der Waals surface area contributed by atoms with E-state index in [0.29, 0.717) is 18.1 Å². The number of pyridine rings is 1. The van der Waals surface area contributed by atoms with Crippen molar-refractivity contribution in [3.8, 4) is 5.75 Å². The van der Waals surface area contributed by atoms with Gasteiger partial charge in [-0.15, -0.1) is 0 Å². The molecule has 1 amide bonds. The highest BCUT2D eigenvalue weighted by atomic mass is 16.5. The summed E-state index contributed by atoms with van der Waals surface area (Å²) in [5.74, 6) is 0.579. The maximum Gasteiger partial charge on any atom is 0.267 e. The molecule has 6 nitrogen and oxygen atoms in total. The van der Waals surface area contributed by atoms with Crippen molar-refractivity contribution in [1.82, 2.24) is 4.98 Å². The van der Waals surface area contributed by atoms with Crippen LogP contribution >= 0.6 is 0 Å². The first kappa shape index (κ1) is 13.7. The topological polar surface area (TPSA) is 103 Å². The monoisotopic (exact) mass is 272 g/mol. The van der Waals surface area contributed by atoms with Gasteiger partial charge in [0.25, 0.3) is 5.91 Å². The van der Waals surface area contributed by atoms with E-state index in [0.717, 1.165) is 11.4 Å². The van der Waals surface area contributed by atoms with Crippen molar-refractivity contribution < 1.29 is 9.53 Å². The van der Waals surface area contributed by atoms with Crippen molar-refractivity contribution >= 4 is 23.1 Å². The first-order valence-electron chi connectivity index (χ1n) is 6.16. The number of carbonyl (C=O) groups is 1.